The number of aliphatic hydroxyl groups is 1. The standard InChI is InChI=1S/C26H30N2O5/c1-5-14-28-22(27-21(16-29)23(28)24(30)31)15-17-10-12-18(13-11-17)19-8-6-7-9-20(19)25(32)33-26(2,3)4/h6-13,29H,5,14-16H2,1-4H3,(H,30,31). The number of aromatic nitrogens is 2. The maximum atomic E-state index is 12.7. The van der Waals surface area contributed by atoms with Gasteiger partial charge in [0.2, 0.25) is 0 Å². The fourth-order valence-electron chi connectivity index (χ4n) is 3.73. The Morgan fingerprint density at radius 1 is 1.06 bits per heavy atom. The SMILES string of the molecule is CCCn1c(Cc2ccc(-c3ccccc3C(=O)OC(C)(C)C)cc2)nc(CO)c1C(=O)O. The van der Waals surface area contributed by atoms with Crippen LogP contribution in [0.25, 0.3) is 11.1 Å². The molecule has 7 heteroatoms. The number of ether oxygens (including phenoxy) is 1. The van der Waals surface area contributed by atoms with E-state index < -0.39 is 18.2 Å². The van der Waals surface area contributed by atoms with Gasteiger partial charge in [-0.2, -0.15) is 0 Å². The minimum absolute atomic E-state index is 0.0391. The molecule has 174 valence electrons. The molecule has 2 N–H and O–H groups in total. The van der Waals surface area contributed by atoms with Gasteiger partial charge in [-0.3, -0.25) is 0 Å². The molecule has 33 heavy (non-hydrogen) atoms. The number of nitrogens with zero attached hydrogens (tertiary/aromatic N) is 2. The first-order valence-electron chi connectivity index (χ1n) is 11.0. The number of aromatic carboxylic acids is 1. The van der Waals surface area contributed by atoms with E-state index in [1.807, 2.05) is 70.2 Å². The number of esters is 1. The summed E-state index contributed by atoms with van der Waals surface area (Å²) in [5.41, 5.74) is 2.72. The van der Waals surface area contributed by atoms with Crippen molar-refractivity contribution in [2.24, 2.45) is 0 Å². The zero-order chi connectivity index (χ0) is 24.2. The zero-order valence-electron chi connectivity index (χ0n) is 19.5. The Balaban J connectivity index is 1.90. The Labute approximate surface area is 193 Å². The van der Waals surface area contributed by atoms with Crippen LogP contribution in [0.15, 0.2) is 48.5 Å². The Morgan fingerprint density at radius 3 is 2.30 bits per heavy atom. The topological polar surface area (TPSA) is 102 Å². The number of carbonyl (C=O) groups is 2. The molecule has 0 saturated carbocycles. The zero-order valence-corrected chi connectivity index (χ0v) is 19.5. The van der Waals surface area contributed by atoms with Gasteiger partial charge in [0.25, 0.3) is 0 Å². The molecule has 0 atom stereocenters. The Kier molecular flexibility index (Phi) is 7.33. The minimum Gasteiger partial charge on any atom is -0.477 e. The number of carboxylic acids is 1. The third-order valence-electron chi connectivity index (χ3n) is 5.09. The lowest BCUT2D eigenvalue weighted by Gasteiger charge is -2.20. The summed E-state index contributed by atoms with van der Waals surface area (Å²) in [5, 5.41) is 19.1. The third-order valence-corrected chi connectivity index (χ3v) is 5.09. The van der Waals surface area contributed by atoms with Crippen LogP contribution in [0.2, 0.25) is 0 Å². The lowest BCUT2D eigenvalue weighted by molar-refractivity contribution is 0.00702. The quantitative estimate of drug-likeness (QED) is 0.483. The summed E-state index contributed by atoms with van der Waals surface area (Å²) in [6.45, 7) is 7.55. The Bertz CT molecular complexity index is 1140. The summed E-state index contributed by atoms with van der Waals surface area (Å²) in [6.07, 6.45) is 1.17. The lowest BCUT2D eigenvalue weighted by Crippen LogP contribution is -2.24. The molecular formula is C26H30N2O5. The second kappa shape index (κ2) is 10.0. The highest BCUT2D eigenvalue weighted by atomic mass is 16.6. The normalized spacial score (nSPS) is 11.4. The predicted molar refractivity (Wildman–Crippen MR) is 125 cm³/mol. The van der Waals surface area contributed by atoms with E-state index >= 15 is 0 Å². The second-order valence-corrected chi connectivity index (χ2v) is 8.86. The first-order chi connectivity index (χ1) is 15.6. The Hall–Kier alpha value is -3.45. The molecule has 0 radical (unpaired) electrons. The van der Waals surface area contributed by atoms with Crippen LogP contribution in [0.3, 0.4) is 0 Å². The highest BCUT2D eigenvalue weighted by Crippen LogP contribution is 2.27. The van der Waals surface area contributed by atoms with Crippen LogP contribution < -0.4 is 0 Å². The summed E-state index contributed by atoms with van der Waals surface area (Å²) in [6, 6.07) is 15.0. The molecule has 0 fully saturated rings. The van der Waals surface area contributed by atoms with E-state index in [9.17, 15) is 19.8 Å². The molecule has 0 aliphatic rings. The van der Waals surface area contributed by atoms with Gasteiger partial charge in [0.05, 0.1) is 17.9 Å². The van der Waals surface area contributed by atoms with Gasteiger partial charge in [-0.05, 0) is 49.9 Å². The summed E-state index contributed by atoms with van der Waals surface area (Å²) in [7, 11) is 0. The maximum absolute atomic E-state index is 12.7. The van der Waals surface area contributed by atoms with E-state index in [4.69, 9.17) is 4.74 Å². The average molecular weight is 451 g/mol. The van der Waals surface area contributed by atoms with E-state index in [1.54, 1.807) is 10.6 Å². The molecule has 0 aliphatic heterocycles. The van der Waals surface area contributed by atoms with E-state index in [1.165, 1.54) is 0 Å². The molecule has 0 saturated heterocycles. The monoisotopic (exact) mass is 450 g/mol. The van der Waals surface area contributed by atoms with Gasteiger partial charge in [-0.25, -0.2) is 14.6 Å². The fourth-order valence-corrected chi connectivity index (χ4v) is 3.73. The van der Waals surface area contributed by atoms with Crippen LogP contribution in [-0.4, -0.2) is 37.3 Å². The molecule has 2 aromatic carbocycles. The van der Waals surface area contributed by atoms with Crippen LogP contribution in [0.5, 0.6) is 0 Å². The van der Waals surface area contributed by atoms with Crippen molar-refractivity contribution in [3.05, 3.63) is 76.9 Å². The predicted octanol–water partition coefficient (Wildman–Crippen LogP) is 4.70. The molecule has 0 bridgehead atoms. The van der Waals surface area contributed by atoms with Crippen molar-refractivity contribution < 1.29 is 24.5 Å². The van der Waals surface area contributed by atoms with Crippen molar-refractivity contribution in [1.82, 2.24) is 9.55 Å². The van der Waals surface area contributed by atoms with Gasteiger partial charge >= 0.3 is 11.9 Å². The maximum Gasteiger partial charge on any atom is 0.354 e. The van der Waals surface area contributed by atoms with Crippen molar-refractivity contribution >= 4 is 11.9 Å². The highest BCUT2D eigenvalue weighted by molar-refractivity contribution is 5.97. The number of imidazole rings is 1. The molecule has 1 heterocycles. The number of hydrogen-bond acceptors (Lipinski definition) is 5. The fraction of sp³-hybridized carbons (Fsp3) is 0.346. The number of aliphatic hydroxyl groups excluding tert-OH is 1. The number of benzene rings is 2. The molecule has 3 rings (SSSR count). The first-order valence-corrected chi connectivity index (χ1v) is 11.0. The molecular weight excluding hydrogens is 420 g/mol. The summed E-state index contributed by atoms with van der Waals surface area (Å²) in [5.74, 6) is -0.873. The van der Waals surface area contributed by atoms with Gasteiger partial charge in [-0.1, -0.05) is 49.4 Å². The van der Waals surface area contributed by atoms with Crippen molar-refractivity contribution in [2.45, 2.75) is 59.3 Å². The lowest BCUT2D eigenvalue weighted by atomic mass is 9.98. The first kappa shape index (κ1) is 24.2. The van der Waals surface area contributed by atoms with Gasteiger partial charge in [-0.15, -0.1) is 0 Å². The molecule has 7 nitrogen and oxygen atoms in total. The van der Waals surface area contributed by atoms with E-state index in [2.05, 4.69) is 4.98 Å². The van der Waals surface area contributed by atoms with Gasteiger partial charge < -0.3 is 19.5 Å². The molecule has 0 amide bonds. The number of carboxylic acid groups (broad SMARTS) is 1. The average Bonchev–Trinajstić information content (AvgIpc) is 3.11. The van der Waals surface area contributed by atoms with Crippen LogP contribution in [-0.2, 0) is 24.3 Å². The molecule has 1 aromatic heterocycles. The van der Waals surface area contributed by atoms with Crippen molar-refractivity contribution in [3.8, 4) is 11.1 Å². The molecule has 0 aliphatic carbocycles. The van der Waals surface area contributed by atoms with Crippen molar-refractivity contribution in [1.29, 1.82) is 0 Å². The van der Waals surface area contributed by atoms with Gasteiger partial charge in [0.15, 0.2) is 5.69 Å². The van der Waals surface area contributed by atoms with Gasteiger partial charge in [0, 0.05) is 13.0 Å². The second-order valence-electron chi connectivity index (χ2n) is 8.86. The van der Waals surface area contributed by atoms with Crippen molar-refractivity contribution in [2.75, 3.05) is 0 Å². The summed E-state index contributed by atoms with van der Waals surface area (Å²) < 4.78 is 7.22. The number of rotatable bonds is 8. The molecule has 3 aromatic rings. The van der Waals surface area contributed by atoms with Crippen LogP contribution >= 0.6 is 0 Å². The van der Waals surface area contributed by atoms with Crippen LogP contribution in [0.1, 0.15) is 72.0 Å². The summed E-state index contributed by atoms with van der Waals surface area (Å²) >= 11 is 0. The Morgan fingerprint density at radius 2 is 1.73 bits per heavy atom. The minimum atomic E-state index is -1.10. The van der Waals surface area contributed by atoms with Crippen LogP contribution in [0.4, 0.5) is 0 Å². The molecule has 0 unspecified atom stereocenters. The smallest absolute Gasteiger partial charge is 0.354 e. The largest absolute Gasteiger partial charge is 0.477 e. The van der Waals surface area contributed by atoms with Crippen LogP contribution in [0, 0.1) is 0 Å². The van der Waals surface area contributed by atoms with E-state index in [0.29, 0.717) is 24.4 Å². The molecule has 0 spiro atoms. The van der Waals surface area contributed by atoms with Gasteiger partial charge in [0.1, 0.15) is 11.4 Å². The van der Waals surface area contributed by atoms with E-state index in [0.717, 1.165) is 23.1 Å². The van der Waals surface area contributed by atoms with E-state index in [-0.39, 0.29) is 17.4 Å². The van der Waals surface area contributed by atoms with Crippen molar-refractivity contribution in [3.63, 3.8) is 0 Å². The summed E-state index contributed by atoms with van der Waals surface area (Å²) in [4.78, 5) is 28.8. The number of carbonyl (C=O) groups excluding carboxylic acids is 1. The number of hydrogen-bond donors (Lipinski definition) is 2. The highest BCUT2D eigenvalue weighted by Gasteiger charge is 2.23. The third kappa shape index (κ3) is 5.68.